The summed E-state index contributed by atoms with van der Waals surface area (Å²) in [6.07, 6.45) is 4.49. The topological polar surface area (TPSA) is 32.8 Å². The highest BCUT2D eigenvalue weighted by atomic mass is 19.1. The number of likely N-dealkylation sites (tertiary alicyclic amines) is 1. The van der Waals surface area contributed by atoms with Gasteiger partial charge in [0, 0.05) is 19.2 Å². The highest BCUT2D eigenvalue weighted by molar-refractivity contribution is 5.97. The molecule has 107 valence electrons. The van der Waals surface area contributed by atoms with Crippen LogP contribution in [0.4, 0.5) is 10.1 Å². The standard InChI is InChI=1S/C15H18FN2O2/c16-12-4-5-14-13(10-12)18(15(19)11-20-14)9-8-17-6-2-1-3-7-17/h1,4-5,10H,2-3,6-9,11H2. The van der Waals surface area contributed by atoms with E-state index in [0.29, 0.717) is 18.0 Å². The lowest BCUT2D eigenvalue weighted by Crippen LogP contribution is -2.44. The van der Waals surface area contributed by atoms with Crippen molar-refractivity contribution in [1.29, 1.82) is 0 Å². The Labute approximate surface area is 118 Å². The van der Waals surface area contributed by atoms with Crippen LogP contribution in [0, 0.1) is 12.2 Å². The molecule has 2 aliphatic heterocycles. The molecule has 0 spiro atoms. The van der Waals surface area contributed by atoms with E-state index in [1.165, 1.54) is 12.1 Å². The number of piperidine rings is 1. The minimum atomic E-state index is -0.348. The van der Waals surface area contributed by atoms with Gasteiger partial charge in [0.1, 0.15) is 11.6 Å². The van der Waals surface area contributed by atoms with E-state index >= 15 is 0 Å². The smallest absolute Gasteiger partial charge is 0.265 e. The minimum absolute atomic E-state index is 0.0341. The van der Waals surface area contributed by atoms with Gasteiger partial charge in [0.25, 0.3) is 5.91 Å². The fourth-order valence-corrected chi connectivity index (χ4v) is 2.69. The predicted molar refractivity (Wildman–Crippen MR) is 74.2 cm³/mol. The van der Waals surface area contributed by atoms with Crippen LogP contribution >= 0.6 is 0 Å². The first-order valence-electron chi connectivity index (χ1n) is 7.01. The van der Waals surface area contributed by atoms with E-state index in [1.54, 1.807) is 11.0 Å². The maximum atomic E-state index is 13.4. The zero-order chi connectivity index (χ0) is 13.9. The van der Waals surface area contributed by atoms with E-state index < -0.39 is 0 Å². The molecule has 5 heteroatoms. The molecule has 1 fully saturated rings. The lowest BCUT2D eigenvalue weighted by Gasteiger charge is -2.32. The van der Waals surface area contributed by atoms with Gasteiger partial charge in [-0.1, -0.05) is 0 Å². The summed E-state index contributed by atoms with van der Waals surface area (Å²) >= 11 is 0. The van der Waals surface area contributed by atoms with Gasteiger partial charge in [-0.3, -0.25) is 4.79 Å². The molecular formula is C15H18FN2O2. The second kappa shape index (κ2) is 5.79. The number of benzene rings is 1. The van der Waals surface area contributed by atoms with Crippen LogP contribution in [-0.4, -0.2) is 43.6 Å². The first-order valence-corrected chi connectivity index (χ1v) is 7.01. The number of carbonyl (C=O) groups is 1. The summed E-state index contributed by atoms with van der Waals surface area (Å²) in [4.78, 5) is 16.0. The maximum Gasteiger partial charge on any atom is 0.265 e. The van der Waals surface area contributed by atoms with E-state index in [4.69, 9.17) is 4.74 Å². The van der Waals surface area contributed by atoms with Crippen LogP contribution < -0.4 is 9.64 Å². The number of ether oxygens (including phenoxy) is 1. The summed E-state index contributed by atoms with van der Waals surface area (Å²) in [6, 6.07) is 4.31. The summed E-state index contributed by atoms with van der Waals surface area (Å²) in [6.45, 7) is 3.50. The minimum Gasteiger partial charge on any atom is -0.482 e. The zero-order valence-corrected chi connectivity index (χ0v) is 11.3. The number of hydrogen-bond acceptors (Lipinski definition) is 3. The Balaban J connectivity index is 1.71. The normalized spacial score (nSPS) is 19.6. The van der Waals surface area contributed by atoms with E-state index in [0.717, 1.165) is 32.5 Å². The van der Waals surface area contributed by atoms with E-state index in [-0.39, 0.29) is 18.3 Å². The molecule has 2 aliphatic rings. The third-order valence-electron chi connectivity index (χ3n) is 3.80. The van der Waals surface area contributed by atoms with Gasteiger partial charge in [0.15, 0.2) is 6.61 Å². The fourth-order valence-electron chi connectivity index (χ4n) is 2.69. The van der Waals surface area contributed by atoms with Crippen LogP contribution in [0.1, 0.15) is 12.8 Å². The lowest BCUT2D eigenvalue weighted by atomic mass is 10.1. The SMILES string of the molecule is O=C1COc2ccc(F)cc2N1CCN1CC[CH]CC1. The average Bonchev–Trinajstić information content (AvgIpc) is 2.47. The number of amides is 1. The molecule has 0 aromatic heterocycles. The Bertz CT molecular complexity index is 501. The molecule has 1 aromatic rings. The van der Waals surface area contributed by atoms with Crippen LogP contribution in [0.5, 0.6) is 5.75 Å². The molecule has 1 amide bonds. The summed E-state index contributed by atoms with van der Waals surface area (Å²) in [5.41, 5.74) is 0.546. The van der Waals surface area contributed by atoms with Crippen molar-refractivity contribution < 1.29 is 13.9 Å². The van der Waals surface area contributed by atoms with Crippen molar-refractivity contribution in [2.75, 3.05) is 37.7 Å². The fraction of sp³-hybridized carbons (Fsp3) is 0.467. The molecule has 0 aliphatic carbocycles. The van der Waals surface area contributed by atoms with Crippen molar-refractivity contribution in [3.05, 3.63) is 30.4 Å². The molecule has 0 unspecified atom stereocenters. The monoisotopic (exact) mass is 277 g/mol. The summed E-state index contributed by atoms with van der Waals surface area (Å²) in [7, 11) is 0. The Kier molecular flexibility index (Phi) is 3.87. The number of anilines is 1. The molecular weight excluding hydrogens is 259 g/mol. The van der Waals surface area contributed by atoms with Crippen molar-refractivity contribution >= 4 is 11.6 Å². The summed E-state index contributed by atoms with van der Waals surface area (Å²) < 4.78 is 18.7. The van der Waals surface area contributed by atoms with Crippen LogP contribution in [-0.2, 0) is 4.79 Å². The number of halogens is 1. The lowest BCUT2D eigenvalue weighted by molar-refractivity contribution is -0.121. The van der Waals surface area contributed by atoms with Gasteiger partial charge in [-0.25, -0.2) is 4.39 Å². The maximum absolute atomic E-state index is 13.4. The predicted octanol–water partition coefficient (Wildman–Crippen LogP) is 1.85. The molecule has 3 rings (SSSR count). The van der Waals surface area contributed by atoms with Gasteiger partial charge in [-0.05, 0) is 44.5 Å². The number of carbonyl (C=O) groups excluding carboxylic acids is 1. The molecule has 1 aromatic carbocycles. The number of rotatable bonds is 3. The van der Waals surface area contributed by atoms with Crippen LogP contribution in [0.15, 0.2) is 18.2 Å². The Morgan fingerprint density at radius 1 is 1.20 bits per heavy atom. The van der Waals surface area contributed by atoms with E-state index in [2.05, 4.69) is 11.3 Å². The Hall–Kier alpha value is -1.62. The second-order valence-corrected chi connectivity index (χ2v) is 5.15. The molecule has 1 saturated heterocycles. The van der Waals surface area contributed by atoms with Crippen LogP contribution in [0.3, 0.4) is 0 Å². The summed E-state index contributed by atoms with van der Waals surface area (Å²) in [5.74, 6) is 0.129. The molecule has 20 heavy (non-hydrogen) atoms. The van der Waals surface area contributed by atoms with Gasteiger partial charge in [-0.15, -0.1) is 0 Å². The van der Waals surface area contributed by atoms with E-state index in [9.17, 15) is 9.18 Å². The van der Waals surface area contributed by atoms with Crippen LogP contribution in [0.2, 0.25) is 0 Å². The number of fused-ring (bicyclic) bond motifs is 1. The van der Waals surface area contributed by atoms with Gasteiger partial charge in [-0.2, -0.15) is 0 Å². The van der Waals surface area contributed by atoms with Crippen molar-refractivity contribution in [2.24, 2.45) is 0 Å². The quantitative estimate of drug-likeness (QED) is 0.845. The third kappa shape index (κ3) is 2.77. The second-order valence-electron chi connectivity index (χ2n) is 5.15. The molecule has 0 N–H and O–H groups in total. The third-order valence-corrected chi connectivity index (χ3v) is 3.80. The van der Waals surface area contributed by atoms with E-state index in [1.807, 2.05) is 0 Å². The molecule has 1 radical (unpaired) electrons. The highest BCUT2D eigenvalue weighted by Crippen LogP contribution is 2.32. The molecule has 2 heterocycles. The average molecular weight is 277 g/mol. The van der Waals surface area contributed by atoms with Crippen molar-refractivity contribution in [2.45, 2.75) is 12.8 Å². The zero-order valence-electron chi connectivity index (χ0n) is 11.3. The first-order chi connectivity index (χ1) is 9.74. The van der Waals surface area contributed by atoms with Crippen molar-refractivity contribution in [3.63, 3.8) is 0 Å². The van der Waals surface area contributed by atoms with Crippen molar-refractivity contribution in [1.82, 2.24) is 4.90 Å². The summed E-state index contributed by atoms with van der Waals surface area (Å²) in [5, 5.41) is 0. The van der Waals surface area contributed by atoms with Crippen molar-refractivity contribution in [3.8, 4) is 5.75 Å². The highest BCUT2D eigenvalue weighted by Gasteiger charge is 2.26. The largest absolute Gasteiger partial charge is 0.482 e. The molecule has 0 atom stereocenters. The molecule has 4 nitrogen and oxygen atoms in total. The molecule has 0 bridgehead atoms. The Morgan fingerprint density at radius 3 is 2.80 bits per heavy atom. The van der Waals surface area contributed by atoms with Crippen LogP contribution in [0.25, 0.3) is 0 Å². The number of nitrogens with zero attached hydrogens (tertiary/aromatic N) is 2. The van der Waals surface area contributed by atoms with Gasteiger partial charge < -0.3 is 14.5 Å². The van der Waals surface area contributed by atoms with Gasteiger partial charge in [0.05, 0.1) is 5.69 Å². The number of hydrogen-bond donors (Lipinski definition) is 0. The molecule has 0 saturated carbocycles. The Morgan fingerprint density at radius 2 is 2.00 bits per heavy atom. The first kappa shape index (κ1) is 13.4. The van der Waals surface area contributed by atoms with Gasteiger partial charge in [0.2, 0.25) is 0 Å². The van der Waals surface area contributed by atoms with Gasteiger partial charge >= 0.3 is 0 Å².